The zero-order valence-electron chi connectivity index (χ0n) is 26.3. The maximum Gasteiger partial charge on any atom is 0.306 e. The van der Waals surface area contributed by atoms with Crippen LogP contribution in [0.25, 0.3) is 0 Å². The Morgan fingerprint density at radius 1 is 0.957 bits per heavy atom. The lowest BCUT2D eigenvalue weighted by atomic mass is 9.77. The molecule has 0 saturated carbocycles. The molecule has 46 heavy (non-hydrogen) atoms. The molecule has 6 atom stereocenters. The van der Waals surface area contributed by atoms with Gasteiger partial charge in [0.1, 0.15) is 18.2 Å². The van der Waals surface area contributed by atoms with E-state index in [4.69, 9.17) is 9.47 Å². The van der Waals surface area contributed by atoms with Gasteiger partial charge in [0, 0.05) is 31.8 Å². The van der Waals surface area contributed by atoms with E-state index in [0.717, 1.165) is 22.4 Å². The molecule has 0 radical (unpaired) electrons. The van der Waals surface area contributed by atoms with Gasteiger partial charge in [-0.05, 0) is 49.8 Å². The van der Waals surface area contributed by atoms with Gasteiger partial charge in [0.15, 0.2) is 0 Å². The number of fused-ring (bicyclic) bond motifs is 2. The number of rotatable bonds is 6. The number of hydrogen-bond donors (Lipinski definition) is 2. The third-order valence-electron chi connectivity index (χ3n) is 9.58. The Hall–Kier alpha value is -4.28. The van der Waals surface area contributed by atoms with E-state index >= 15 is 0 Å². The molecule has 10 nitrogen and oxygen atoms in total. The summed E-state index contributed by atoms with van der Waals surface area (Å²) in [5.74, 6) is -3.30. The Bertz CT molecular complexity index is 1540. The molecule has 4 heterocycles. The number of nitrogens with zero attached hydrogens (tertiary/aromatic N) is 2. The molecule has 6 rings (SSSR count). The second-order valence-electron chi connectivity index (χ2n) is 12.5. The minimum atomic E-state index is -1.40. The second-order valence-corrected chi connectivity index (χ2v) is 12.5. The number of cyclic esters (lactones) is 1. The summed E-state index contributed by atoms with van der Waals surface area (Å²) in [6.45, 7) is 4.34. The number of aliphatic hydroxyl groups is 1. The summed E-state index contributed by atoms with van der Waals surface area (Å²) in [6.07, 6.45) is 7.89. The Labute approximate surface area is 269 Å². The van der Waals surface area contributed by atoms with E-state index in [0.29, 0.717) is 19.3 Å². The fourth-order valence-corrected chi connectivity index (χ4v) is 7.50. The maximum atomic E-state index is 14.7. The monoisotopic (exact) mass is 627 g/mol. The number of benzene rings is 2. The van der Waals surface area contributed by atoms with Crippen LogP contribution in [0.4, 0.5) is 5.69 Å². The van der Waals surface area contributed by atoms with E-state index in [1.54, 1.807) is 22.0 Å². The van der Waals surface area contributed by atoms with Gasteiger partial charge in [-0.2, -0.15) is 0 Å². The van der Waals surface area contributed by atoms with Gasteiger partial charge in [-0.25, -0.2) is 0 Å². The molecule has 0 unspecified atom stereocenters. The zero-order chi connectivity index (χ0) is 32.4. The summed E-state index contributed by atoms with van der Waals surface area (Å²) in [4.78, 5) is 59.4. The van der Waals surface area contributed by atoms with Crippen LogP contribution < -0.4 is 10.2 Å². The van der Waals surface area contributed by atoms with Crippen molar-refractivity contribution in [2.45, 2.75) is 63.3 Å². The highest BCUT2D eigenvalue weighted by atomic mass is 16.5. The van der Waals surface area contributed by atoms with E-state index < -0.39 is 41.5 Å². The Morgan fingerprint density at radius 2 is 1.72 bits per heavy atom. The van der Waals surface area contributed by atoms with Crippen LogP contribution in [-0.4, -0.2) is 77.7 Å². The highest BCUT2D eigenvalue weighted by molar-refractivity contribution is 6.06. The number of carbonyl (C=O) groups excluding carboxylic acids is 4. The first kappa shape index (κ1) is 31.7. The van der Waals surface area contributed by atoms with Crippen molar-refractivity contribution < 1.29 is 33.8 Å². The lowest BCUT2D eigenvalue weighted by Gasteiger charge is -2.36. The van der Waals surface area contributed by atoms with Crippen molar-refractivity contribution in [3.8, 4) is 0 Å². The molecular formula is C36H41N3O7. The number of aliphatic hydroxyl groups excluding tert-OH is 1. The molecular weight excluding hydrogens is 586 g/mol. The topological polar surface area (TPSA) is 125 Å². The van der Waals surface area contributed by atoms with E-state index in [-0.39, 0.29) is 50.5 Å². The minimum Gasteiger partial charge on any atom is -0.463 e. The number of aryl methyl sites for hydroxylation is 2. The van der Waals surface area contributed by atoms with E-state index in [2.05, 4.69) is 5.32 Å². The number of anilines is 1. The highest BCUT2D eigenvalue weighted by Crippen LogP contribution is 2.53. The summed E-state index contributed by atoms with van der Waals surface area (Å²) < 4.78 is 12.3. The molecule has 10 heteroatoms. The van der Waals surface area contributed by atoms with Crippen molar-refractivity contribution >= 4 is 29.4 Å². The standard InChI is InChI=1S/C36H41N3O7/c1-23-12-10-13-24(2)31(23)38-20-11-18-36-30(34(43)39(19-8-9-21-40)32(36)35(38)44)29-27(46-36)16-6-7-17-28(41)45-22-26(37-33(29)42)25-14-4-3-5-15-25/h3-6,10-16,18,26-27,29-30,32,40H,7-9,17,19-22H2,1-2H3,(H,37,42)/b16-6-/t26-,27+,29-,30-,32+,36-/m0/s1. The second kappa shape index (κ2) is 13.2. The summed E-state index contributed by atoms with van der Waals surface area (Å²) in [7, 11) is 0. The van der Waals surface area contributed by atoms with Gasteiger partial charge in [-0.3, -0.25) is 19.2 Å². The molecule has 1 spiro atoms. The van der Waals surface area contributed by atoms with E-state index in [9.17, 15) is 24.3 Å². The number of nitrogens with one attached hydrogen (secondary N) is 1. The number of likely N-dealkylation sites (tertiary alicyclic amines) is 1. The van der Waals surface area contributed by atoms with Gasteiger partial charge >= 0.3 is 5.97 Å². The van der Waals surface area contributed by atoms with Crippen LogP contribution in [0.2, 0.25) is 0 Å². The third-order valence-corrected chi connectivity index (χ3v) is 9.58. The van der Waals surface area contributed by atoms with E-state index in [1.807, 2.05) is 74.5 Å². The van der Waals surface area contributed by atoms with Crippen molar-refractivity contribution in [2.24, 2.45) is 11.8 Å². The number of unbranched alkanes of at least 4 members (excludes halogenated alkanes) is 1. The van der Waals surface area contributed by atoms with Crippen molar-refractivity contribution in [1.29, 1.82) is 0 Å². The molecule has 0 bridgehead atoms. The molecule has 4 aliphatic heterocycles. The van der Waals surface area contributed by atoms with Crippen LogP contribution in [0.1, 0.15) is 48.4 Å². The normalized spacial score (nSPS) is 30.4. The third kappa shape index (κ3) is 5.64. The quantitative estimate of drug-likeness (QED) is 0.286. The lowest BCUT2D eigenvalue weighted by Crippen LogP contribution is -2.55. The lowest BCUT2D eigenvalue weighted by molar-refractivity contribution is -0.146. The van der Waals surface area contributed by atoms with Gasteiger partial charge < -0.3 is 29.7 Å². The molecule has 242 valence electrons. The molecule has 0 aliphatic carbocycles. The number of hydrogen-bond acceptors (Lipinski definition) is 7. The summed E-state index contributed by atoms with van der Waals surface area (Å²) in [5.41, 5.74) is 2.02. The van der Waals surface area contributed by atoms with Crippen molar-refractivity contribution in [3.63, 3.8) is 0 Å². The first-order valence-corrected chi connectivity index (χ1v) is 16.1. The molecule has 2 aromatic carbocycles. The molecule has 2 aromatic rings. The average molecular weight is 628 g/mol. The Kier molecular flexibility index (Phi) is 9.11. The molecule has 2 fully saturated rings. The van der Waals surface area contributed by atoms with Crippen molar-refractivity contribution in [2.75, 3.05) is 31.2 Å². The summed E-state index contributed by atoms with van der Waals surface area (Å²) in [5, 5.41) is 12.6. The SMILES string of the molecule is Cc1cccc(C)c1N1CC=C[C@]23O[C@@H]4/C=C\CCC(=O)OC[C@@H](c5ccccc5)NC(=O)[C@@H]4[C@H]2C(=O)N(CCCCO)[C@@H]3C1=O. The smallest absolute Gasteiger partial charge is 0.306 e. The number of amides is 3. The van der Waals surface area contributed by atoms with E-state index in [1.165, 1.54) is 0 Å². The van der Waals surface area contributed by atoms with Crippen LogP contribution in [0, 0.1) is 25.7 Å². The number of ether oxygens (including phenoxy) is 2. The predicted octanol–water partition coefficient (Wildman–Crippen LogP) is 3.31. The van der Waals surface area contributed by atoms with Crippen molar-refractivity contribution in [1.82, 2.24) is 10.2 Å². The van der Waals surface area contributed by atoms with Crippen LogP contribution in [0.3, 0.4) is 0 Å². The van der Waals surface area contributed by atoms with Crippen LogP contribution in [-0.2, 0) is 28.7 Å². The first-order valence-electron chi connectivity index (χ1n) is 16.1. The predicted molar refractivity (Wildman–Crippen MR) is 170 cm³/mol. The van der Waals surface area contributed by atoms with Gasteiger partial charge in [-0.15, -0.1) is 0 Å². The fourth-order valence-electron chi connectivity index (χ4n) is 7.50. The number of esters is 1. The fraction of sp³-hybridized carbons (Fsp3) is 0.444. The summed E-state index contributed by atoms with van der Waals surface area (Å²) >= 11 is 0. The van der Waals surface area contributed by atoms with Gasteiger partial charge in [0.25, 0.3) is 5.91 Å². The number of para-hydroxylation sites is 1. The molecule has 0 aromatic heterocycles. The first-order chi connectivity index (χ1) is 22.3. The molecule has 4 aliphatic rings. The van der Waals surface area contributed by atoms with Gasteiger partial charge in [0.2, 0.25) is 11.8 Å². The Balaban J connectivity index is 1.43. The van der Waals surface area contributed by atoms with Crippen LogP contribution in [0.5, 0.6) is 0 Å². The highest BCUT2D eigenvalue weighted by Gasteiger charge is 2.71. The molecule has 2 N–H and O–H groups in total. The molecule has 3 amide bonds. The van der Waals surface area contributed by atoms with Crippen LogP contribution in [0.15, 0.2) is 72.8 Å². The van der Waals surface area contributed by atoms with Crippen LogP contribution >= 0.6 is 0 Å². The number of carbonyl (C=O) groups is 4. The van der Waals surface area contributed by atoms with Crippen molar-refractivity contribution in [3.05, 3.63) is 89.5 Å². The summed E-state index contributed by atoms with van der Waals surface area (Å²) in [6, 6.07) is 13.5. The Morgan fingerprint density at radius 3 is 2.46 bits per heavy atom. The van der Waals surface area contributed by atoms with Gasteiger partial charge in [0.05, 0.1) is 24.0 Å². The maximum absolute atomic E-state index is 14.7. The number of allylic oxidation sites excluding steroid dienone is 1. The largest absolute Gasteiger partial charge is 0.463 e. The zero-order valence-corrected chi connectivity index (χ0v) is 26.3. The molecule has 2 saturated heterocycles. The average Bonchev–Trinajstić information content (AvgIpc) is 3.42. The van der Waals surface area contributed by atoms with Gasteiger partial charge in [-0.1, -0.05) is 72.8 Å². The minimum absolute atomic E-state index is 0.0382.